The molecule has 126 valence electrons. The number of nitrogens with one attached hydrogen (secondary N) is 2. The first-order valence-electron chi connectivity index (χ1n) is 8.12. The molecule has 0 aliphatic rings. The molecule has 0 aliphatic carbocycles. The van der Waals surface area contributed by atoms with Gasteiger partial charge in [0, 0.05) is 37.2 Å². The molecule has 0 saturated heterocycles. The van der Waals surface area contributed by atoms with E-state index >= 15 is 0 Å². The topological polar surface area (TPSA) is 84.0 Å². The van der Waals surface area contributed by atoms with Gasteiger partial charge in [0.1, 0.15) is 5.69 Å². The molecule has 0 bridgehead atoms. The van der Waals surface area contributed by atoms with Gasteiger partial charge in [0.15, 0.2) is 0 Å². The van der Waals surface area contributed by atoms with Crippen LogP contribution in [-0.4, -0.2) is 28.3 Å². The van der Waals surface area contributed by atoms with Crippen LogP contribution in [0.25, 0.3) is 0 Å². The standard InChI is InChI=1S/C18H22N4O2/c1-2-3-4-9-21-18(24)16-11-15(7-10-20-16)17(23)22-13-14-6-5-8-19-12-14/h5-8,10-12H,2-4,9,13H2,1H3,(H,21,24)(H,22,23). The van der Waals surface area contributed by atoms with E-state index in [2.05, 4.69) is 27.5 Å². The third kappa shape index (κ3) is 5.46. The number of nitrogens with zero attached hydrogens (tertiary/aromatic N) is 2. The summed E-state index contributed by atoms with van der Waals surface area (Å²) >= 11 is 0. The van der Waals surface area contributed by atoms with Crippen molar-refractivity contribution in [1.29, 1.82) is 0 Å². The predicted octanol–water partition coefficient (Wildman–Crippen LogP) is 2.33. The zero-order chi connectivity index (χ0) is 17.2. The molecule has 2 heterocycles. The van der Waals surface area contributed by atoms with Crippen molar-refractivity contribution in [2.24, 2.45) is 0 Å². The van der Waals surface area contributed by atoms with Crippen molar-refractivity contribution < 1.29 is 9.59 Å². The van der Waals surface area contributed by atoms with Gasteiger partial charge in [-0.05, 0) is 30.2 Å². The van der Waals surface area contributed by atoms with Crippen LogP contribution in [0.4, 0.5) is 0 Å². The molecule has 6 heteroatoms. The number of carbonyl (C=O) groups excluding carboxylic acids is 2. The van der Waals surface area contributed by atoms with Gasteiger partial charge in [0.05, 0.1) is 0 Å². The number of amides is 2. The highest BCUT2D eigenvalue weighted by Crippen LogP contribution is 2.04. The summed E-state index contributed by atoms with van der Waals surface area (Å²) < 4.78 is 0. The fourth-order valence-electron chi connectivity index (χ4n) is 2.15. The Morgan fingerprint density at radius 2 is 1.96 bits per heavy atom. The van der Waals surface area contributed by atoms with Crippen LogP contribution in [0.2, 0.25) is 0 Å². The molecular weight excluding hydrogens is 304 g/mol. The molecule has 2 rings (SSSR count). The Morgan fingerprint density at radius 3 is 2.71 bits per heavy atom. The van der Waals surface area contributed by atoms with Gasteiger partial charge in [-0.2, -0.15) is 0 Å². The van der Waals surface area contributed by atoms with Crippen molar-refractivity contribution in [2.45, 2.75) is 32.7 Å². The third-order valence-electron chi connectivity index (χ3n) is 3.50. The number of hydrogen-bond acceptors (Lipinski definition) is 4. The van der Waals surface area contributed by atoms with Gasteiger partial charge in [-0.25, -0.2) is 0 Å². The van der Waals surface area contributed by atoms with Crippen LogP contribution < -0.4 is 10.6 Å². The molecule has 0 radical (unpaired) electrons. The summed E-state index contributed by atoms with van der Waals surface area (Å²) in [6, 6.07) is 6.80. The van der Waals surface area contributed by atoms with Crippen molar-refractivity contribution in [3.63, 3.8) is 0 Å². The van der Waals surface area contributed by atoms with Crippen LogP contribution in [0.5, 0.6) is 0 Å². The van der Waals surface area contributed by atoms with Gasteiger partial charge in [0.2, 0.25) is 0 Å². The molecule has 0 atom stereocenters. The van der Waals surface area contributed by atoms with Gasteiger partial charge in [-0.1, -0.05) is 25.8 Å². The lowest BCUT2D eigenvalue weighted by molar-refractivity contribution is 0.0948. The summed E-state index contributed by atoms with van der Waals surface area (Å²) in [6.45, 7) is 3.11. The summed E-state index contributed by atoms with van der Waals surface area (Å²) in [6.07, 6.45) is 7.96. The lowest BCUT2D eigenvalue weighted by Crippen LogP contribution is -2.27. The molecule has 0 fully saturated rings. The molecule has 2 N–H and O–H groups in total. The van der Waals surface area contributed by atoms with E-state index in [1.165, 1.54) is 12.3 Å². The summed E-state index contributed by atoms with van der Waals surface area (Å²) in [5.41, 5.74) is 1.57. The fourth-order valence-corrected chi connectivity index (χ4v) is 2.15. The van der Waals surface area contributed by atoms with Crippen LogP contribution in [0.3, 0.4) is 0 Å². The molecule has 2 aromatic heterocycles. The first-order valence-corrected chi connectivity index (χ1v) is 8.12. The lowest BCUT2D eigenvalue weighted by atomic mass is 10.2. The van der Waals surface area contributed by atoms with Crippen molar-refractivity contribution in [3.05, 3.63) is 59.7 Å². The minimum atomic E-state index is -0.256. The summed E-state index contributed by atoms with van der Waals surface area (Å²) in [7, 11) is 0. The second-order valence-corrected chi connectivity index (χ2v) is 5.44. The first kappa shape index (κ1) is 17.6. The number of hydrogen-bond donors (Lipinski definition) is 2. The van der Waals surface area contributed by atoms with E-state index in [4.69, 9.17) is 0 Å². The Labute approximate surface area is 141 Å². The molecule has 2 amide bonds. The number of unbranched alkanes of at least 4 members (excludes halogenated alkanes) is 2. The highest BCUT2D eigenvalue weighted by atomic mass is 16.2. The Kier molecular flexibility index (Phi) is 6.89. The van der Waals surface area contributed by atoms with Crippen molar-refractivity contribution in [2.75, 3.05) is 6.54 Å². The first-order chi connectivity index (χ1) is 11.7. The average molecular weight is 326 g/mol. The number of aromatic nitrogens is 2. The molecule has 24 heavy (non-hydrogen) atoms. The van der Waals surface area contributed by atoms with Gasteiger partial charge >= 0.3 is 0 Å². The van der Waals surface area contributed by atoms with E-state index in [1.54, 1.807) is 18.5 Å². The van der Waals surface area contributed by atoms with Crippen LogP contribution in [-0.2, 0) is 6.54 Å². The Hall–Kier alpha value is -2.76. The van der Waals surface area contributed by atoms with E-state index in [-0.39, 0.29) is 17.5 Å². The van der Waals surface area contributed by atoms with E-state index in [9.17, 15) is 9.59 Å². The summed E-state index contributed by atoms with van der Waals surface area (Å²) in [5, 5.41) is 5.62. The van der Waals surface area contributed by atoms with E-state index in [0.717, 1.165) is 24.8 Å². The van der Waals surface area contributed by atoms with Crippen LogP contribution in [0.15, 0.2) is 42.9 Å². The van der Waals surface area contributed by atoms with Crippen molar-refractivity contribution in [3.8, 4) is 0 Å². The van der Waals surface area contributed by atoms with Crippen molar-refractivity contribution >= 4 is 11.8 Å². The fraction of sp³-hybridized carbons (Fsp3) is 0.333. The van der Waals surface area contributed by atoms with E-state index in [1.807, 2.05) is 12.1 Å². The maximum atomic E-state index is 12.2. The smallest absolute Gasteiger partial charge is 0.269 e. The molecule has 0 saturated carbocycles. The second kappa shape index (κ2) is 9.39. The largest absolute Gasteiger partial charge is 0.351 e. The van der Waals surface area contributed by atoms with E-state index < -0.39 is 0 Å². The highest BCUT2D eigenvalue weighted by Gasteiger charge is 2.11. The molecule has 0 aromatic carbocycles. The maximum Gasteiger partial charge on any atom is 0.269 e. The lowest BCUT2D eigenvalue weighted by Gasteiger charge is -2.07. The normalized spacial score (nSPS) is 10.2. The summed E-state index contributed by atoms with van der Waals surface area (Å²) in [4.78, 5) is 32.3. The monoisotopic (exact) mass is 326 g/mol. The van der Waals surface area contributed by atoms with Gasteiger partial charge < -0.3 is 10.6 Å². The second-order valence-electron chi connectivity index (χ2n) is 5.44. The zero-order valence-electron chi connectivity index (χ0n) is 13.8. The Balaban J connectivity index is 1.91. The predicted molar refractivity (Wildman–Crippen MR) is 91.5 cm³/mol. The van der Waals surface area contributed by atoms with Gasteiger partial charge in [-0.15, -0.1) is 0 Å². The Bertz CT molecular complexity index is 674. The van der Waals surface area contributed by atoms with Crippen LogP contribution >= 0.6 is 0 Å². The number of rotatable bonds is 8. The molecule has 0 spiro atoms. The van der Waals surface area contributed by atoms with Crippen LogP contribution in [0.1, 0.15) is 52.6 Å². The summed E-state index contributed by atoms with van der Waals surface area (Å²) in [5.74, 6) is -0.505. The molecule has 6 nitrogen and oxygen atoms in total. The maximum absolute atomic E-state index is 12.2. The zero-order valence-corrected chi connectivity index (χ0v) is 13.8. The van der Waals surface area contributed by atoms with Gasteiger partial charge in [-0.3, -0.25) is 19.6 Å². The quantitative estimate of drug-likeness (QED) is 0.729. The SMILES string of the molecule is CCCCCNC(=O)c1cc(C(=O)NCc2cccnc2)ccn1. The van der Waals surface area contributed by atoms with Crippen molar-refractivity contribution in [1.82, 2.24) is 20.6 Å². The molecular formula is C18H22N4O2. The average Bonchev–Trinajstić information content (AvgIpc) is 2.64. The Morgan fingerprint density at radius 1 is 1.08 bits per heavy atom. The third-order valence-corrected chi connectivity index (χ3v) is 3.50. The highest BCUT2D eigenvalue weighted by molar-refractivity contribution is 5.98. The molecule has 2 aromatic rings. The van der Waals surface area contributed by atoms with Gasteiger partial charge in [0.25, 0.3) is 11.8 Å². The number of carbonyl (C=O) groups is 2. The minimum absolute atomic E-state index is 0.249. The molecule has 0 unspecified atom stereocenters. The number of pyridine rings is 2. The minimum Gasteiger partial charge on any atom is -0.351 e. The van der Waals surface area contributed by atoms with E-state index in [0.29, 0.717) is 18.7 Å². The molecule has 0 aliphatic heterocycles. The van der Waals surface area contributed by atoms with Crippen LogP contribution in [0, 0.1) is 0 Å².